The van der Waals surface area contributed by atoms with Crippen molar-refractivity contribution in [1.29, 1.82) is 15.8 Å². The average molecular weight is 1360 g/mol. The minimum Gasteiger partial charge on any atom is -0.338 e. The van der Waals surface area contributed by atoms with Crippen LogP contribution >= 0.6 is 12.1 Å². The van der Waals surface area contributed by atoms with E-state index in [4.69, 9.17) is 0 Å². The van der Waals surface area contributed by atoms with Gasteiger partial charge in [0.2, 0.25) is 0 Å². The molecule has 1 unspecified atom stereocenters. The van der Waals surface area contributed by atoms with E-state index in [1.54, 1.807) is 143 Å². The van der Waals surface area contributed by atoms with E-state index in [-0.39, 0.29) is 87.4 Å². The van der Waals surface area contributed by atoms with Gasteiger partial charge in [-0.15, -0.1) is 0 Å². The Bertz CT molecular complexity index is 3770. The van der Waals surface area contributed by atoms with Crippen LogP contribution < -0.4 is 0 Å². The standard InChI is InChI=1S/3C24H22FN5O.CH3FS.3CH4/c3*1-17(18-4-6-19(25)7-5-18)24(15-26)9-13-30(14-10-24)23(31)20-3-2-11-28-22(20)21-8-12-27-16-29-21;1-3-2;;;/h3*2-8,11-12,16-17H,9-10,13-14H2,1H3;1H3;3*1H4/t2*17-;;;;;/m10...../s1. The van der Waals surface area contributed by atoms with Crippen molar-refractivity contribution in [2.45, 2.75) is 99.3 Å². The molecule has 3 aliphatic heterocycles. The third-order valence-corrected chi connectivity index (χ3v) is 18.7. The van der Waals surface area contributed by atoms with Gasteiger partial charge in [0.15, 0.2) is 0 Å². The Hall–Kier alpha value is -10.7. The summed E-state index contributed by atoms with van der Waals surface area (Å²) in [7, 11) is 0. The Labute approximate surface area is 581 Å². The molecule has 9 aromatic rings. The number of aromatic nitrogens is 9. The van der Waals surface area contributed by atoms with Crippen molar-refractivity contribution < 1.29 is 31.4 Å². The number of nitriles is 3. The molecule has 0 spiro atoms. The SMILES string of the molecule is C.C.C.CC(c1ccc(F)cc1)C1(C#N)CCN(C(=O)c2cccnc2-c2ccncn2)CC1.CSF.C[C@@H](c1ccc(F)cc1)C1(C#N)CCN(C(=O)c2cccnc2-c2ccncn2)CC1.C[C@H](c1ccc(F)cc1)C1(C#N)CCN(C(=O)c2cccnc2-c2ccncn2)CC1. The maximum absolute atomic E-state index is 13.3. The summed E-state index contributed by atoms with van der Waals surface area (Å²) in [4.78, 5) is 82.7. The van der Waals surface area contributed by atoms with Crippen molar-refractivity contribution in [3.05, 3.63) is 234 Å². The van der Waals surface area contributed by atoms with Crippen LogP contribution in [0.25, 0.3) is 34.2 Å². The molecule has 9 heterocycles. The second-order valence-electron chi connectivity index (χ2n) is 23.6. The Morgan fingerprint density at radius 2 is 0.636 bits per heavy atom. The predicted molar refractivity (Wildman–Crippen MR) is 375 cm³/mol. The van der Waals surface area contributed by atoms with Gasteiger partial charge in [-0.1, -0.05) is 79.4 Å². The Morgan fingerprint density at radius 1 is 0.404 bits per heavy atom. The van der Waals surface area contributed by atoms with Crippen LogP contribution in [0.2, 0.25) is 0 Å². The average Bonchev–Trinajstić information content (AvgIpc) is 0.797. The van der Waals surface area contributed by atoms with E-state index < -0.39 is 16.2 Å². The molecule has 0 bridgehead atoms. The number of carbonyl (C=O) groups excluding carboxylic acids is 3. The number of nitrogens with zero attached hydrogens (tertiary/aromatic N) is 15. The first-order chi connectivity index (χ1) is 46.5. The van der Waals surface area contributed by atoms with Crippen LogP contribution in [0.5, 0.6) is 0 Å². The molecule has 3 atom stereocenters. The molecular weight excluding hydrogens is 1280 g/mol. The second-order valence-corrected chi connectivity index (χ2v) is 23.9. The van der Waals surface area contributed by atoms with E-state index in [1.165, 1.54) is 61.6 Å². The minimum absolute atomic E-state index is 0. The smallest absolute Gasteiger partial charge is 0.256 e. The normalized spacial score (nSPS) is 15.5. The van der Waals surface area contributed by atoms with Crippen LogP contribution in [0.15, 0.2) is 184 Å². The molecule has 0 saturated carbocycles. The number of halogens is 4. The van der Waals surface area contributed by atoms with E-state index in [0.29, 0.717) is 129 Å². The molecule has 99 heavy (non-hydrogen) atoms. The highest BCUT2D eigenvalue weighted by Crippen LogP contribution is 2.47. The van der Waals surface area contributed by atoms with Crippen molar-refractivity contribution in [3.63, 3.8) is 0 Å². The fourth-order valence-electron chi connectivity index (χ4n) is 12.6. The summed E-state index contributed by atoms with van der Waals surface area (Å²) in [6.07, 6.45) is 18.7. The lowest BCUT2D eigenvalue weighted by Crippen LogP contribution is -2.44. The van der Waals surface area contributed by atoms with Crippen molar-refractivity contribution in [1.82, 2.24) is 59.6 Å². The molecule has 0 radical (unpaired) electrons. The van der Waals surface area contributed by atoms with Crippen molar-refractivity contribution in [2.75, 3.05) is 45.5 Å². The number of benzene rings is 3. The first-order valence-electron chi connectivity index (χ1n) is 31.2. The van der Waals surface area contributed by atoms with Crippen LogP contribution in [-0.4, -0.2) is 123 Å². The summed E-state index contributed by atoms with van der Waals surface area (Å²) in [6.45, 7) is 8.82. The Morgan fingerprint density at radius 3 is 0.838 bits per heavy atom. The molecule has 23 heteroatoms. The molecule has 512 valence electrons. The van der Waals surface area contributed by atoms with Gasteiger partial charge in [0.05, 0.1) is 68.2 Å². The monoisotopic (exact) mass is 1360 g/mol. The zero-order chi connectivity index (χ0) is 68.2. The quantitative estimate of drug-likeness (QED) is 0.103. The number of pyridine rings is 3. The van der Waals surface area contributed by atoms with Gasteiger partial charge in [-0.25, -0.2) is 43.1 Å². The molecule has 3 amide bonds. The van der Waals surface area contributed by atoms with E-state index >= 15 is 0 Å². The number of likely N-dealkylation sites (tertiary alicyclic amines) is 3. The Balaban J connectivity index is 0.000000226. The summed E-state index contributed by atoms with van der Waals surface area (Å²) in [5.41, 5.74) is 5.78. The van der Waals surface area contributed by atoms with Gasteiger partial charge >= 0.3 is 0 Å². The zero-order valence-corrected chi connectivity index (χ0v) is 54.2. The van der Waals surface area contributed by atoms with Crippen LogP contribution in [0, 0.1) is 67.7 Å². The molecule has 0 N–H and O–H groups in total. The molecule has 3 fully saturated rings. The minimum atomic E-state index is -0.598. The van der Waals surface area contributed by atoms with Gasteiger partial charge in [-0.3, -0.25) is 29.3 Å². The Kier molecular flexibility index (Phi) is 28.1. The lowest BCUT2D eigenvalue weighted by Gasteiger charge is -2.41. The third kappa shape index (κ3) is 18.1. The second kappa shape index (κ2) is 36.0. The summed E-state index contributed by atoms with van der Waals surface area (Å²) in [5, 5.41) is 30.0. The summed E-state index contributed by atoms with van der Waals surface area (Å²) < 4.78 is 50.1. The van der Waals surface area contributed by atoms with Gasteiger partial charge in [-0.2, -0.15) is 19.7 Å². The first kappa shape index (κ1) is 77.3. The van der Waals surface area contributed by atoms with Gasteiger partial charge in [0.25, 0.3) is 17.7 Å². The summed E-state index contributed by atoms with van der Waals surface area (Å²) in [6, 6.07) is 42.1. The van der Waals surface area contributed by atoms with Crippen LogP contribution in [0.3, 0.4) is 0 Å². The first-order valence-corrected chi connectivity index (χ1v) is 32.3. The van der Waals surface area contributed by atoms with Gasteiger partial charge < -0.3 is 14.7 Å². The summed E-state index contributed by atoms with van der Waals surface area (Å²) in [5.74, 6) is -1.44. The predicted octanol–water partition coefficient (Wildman–Crippen LogP) is 15.8. The number of piperidine rings is 3. The van der Waals surface area contributed by atoms with Crippen LogP contribution in [-0.2, 0) is 0 Å². The van der Waals surface area contributed by atoms with Gasteiger partial charge in [0.1, 0.15) is 53.5 Å². The van der Waals surface area contributed by atoms with E-state index in [9.17, 15) is 47.2 Å². The third-order valence-electron chi connectivity index (χ3n) is 18.7. The molecule has 6 aromatic heterocycles. The van der Waals surface area contributed by atoms with Crippen molar-refractivity contribution >= 4 is 29.9 Å². The highest BCUT2D eigenvalue weighted by molar-refractivity contribution is 7.93. The van der Waals surface area contributed by atoms with Gasteiger partial charge in [0, 0.05) is 94.9 Å². The van der Waals surface area contributed by atoms with E-state index in [1.807, 2.05) is 20.8 Å². The molecule has 12 rings (SSSR count). The van der Waals surface area contributed by atoms with Crippen LogP contribution in [0.4, 0.5) is 17.1 Å². The molecule has 3 aliphatic rings. The fourth-order valence-corrected chi connectivity index (χ4v) is 12.6. The van der Waals surface area contributed by atoms with Crippen LogP contribution in [0.1, 0.15) is 147 Å². The molecule has 3 aromatic carbocycles. The summed E-state index contributed by atoms with van der Waals surface area (Å²) >= 11 is 0.250. The van der Waals surface area contributed by atoms with E-state index in [2.05, 4.69) is 63.1 Å². The highest BCUT2D eigenvalue weighted by Gasteiger charge is 2.45. The molecule has 0 aliphatic carbocycles. The van der Waals surface area contributed by atoms with E-state index in [0.717, 1.165) is 16.7 Å². The number of carbonyl (C=O) groups is 3. The van der Waals surface area contributed by atoms with Crippen molar-refractivity contribution in [2.24, 2.45) is 16.2 Å². The number of hydrogen-bond acceptors (Lipinski definition) is 16. The molecular formula is C76H81F4N15O3S. The fraction of sp³-hybridized carbons (Fsp3) is 0.329. The zero-order valence-electron chi connectivity index (χ0n) is 53.4. The number of hydrogen-bond donors (Lipinski definition) is 0. The van der Waals surface area contributed by atoms with Gasteiger partial charge in [-0.05, 0) is 164 Å². The lowest BCUT2D eigenvalue weighted by atomic mass is 9.68. The number of rotatable bonds is 12. The molecule has 18 nitrogen and oxygen atoms in total. The lowest BCUT2D eigenvalue weighted by molar-refractivity contribution is 0.0616. The number of amides is 3. The maximum atomic E-state index is 13.3. The largest absolute Gasteiger partial charge is 0.338 e. The topological polar surface area (TPSA) is 248 Å². The molecule has 3 saturated heterocycles. The highest BCUT2D eigenvalue weighted by atomic mass is 32.2. The maximum Gasteiger partial charge on any atom is 0.256 e. The van der Waals surface area contributed by atoms with Crippen molar-refractivity contribution in [3.8, 4) is 52.4 Å².